The van der Waals surface area contributed by atoms with Crippen molar-refractivity contribution in [2.24, 2.45) is 0 Å². The van der Waals surface area contributed by atoms with Gasteiger partial charge in [0, 0.05) is 54.8 Å². The standard InChI is InChI=1S/C34H29FN4O2/c1-3-30(40)28-18-37-34(39(20-23-11-6-4-7-12-23)21-24-13-8-5-9-14-24)33-27(28)17-29(38-33)25-15-10-16-26(32(25)35)31-19-36-22(2)41-31/h4-19,38H,3,20-21H2,1-2H3. The van der Waals surface area contributed by atoms with Crippen LogP contribution in [0.15, 0.2) is 102 Å². The molecule has 3 aromatic carbocycles. The topological polar surface area (TPSA) is 75.0 Å². The molecule has 6 aromatic rings. The van der Waals surface area contributed by atoms with Crippen molar-refractivity contribution in [3.8, 4) is 22.6 Å². The second-order valence-electron chi connectivity index (χ2n) is 9.98. The predicted octanol–water partition coefficient (Wildman–Crippen LogP) is 8.13. The van der Waals surface area contributed by atoms with E-state index in [1.807, 2.05) is 49.4 Å². The van der Waals surface area contributed by atoms with Crippen molar-refractivity contribution in [2.75, 3.05) is 4.90 Å². The minimum atomic E-state index is -0.432. The second-order valence-corrected chi connectivity index (χ2v) is 9.98. The van der Waals surface area contributed by atoms with Crippen LogP contribution >= 0.6 is 0 Å². The van der Waals surface area contributed by atoms with E-state index in [9.17, 15) is 4.79 Å². The summed E-state index contributed by atoms with van der Waals surface area (Å²) in [5.74, 6) is 1.06. The van der Waals surface area contributed by atoms with Crippen LogP contribution in [0, 0.1) is 12.7 Å². The highest BCUT2D eigenvalue weighted by atomic mass is 19.1. The van der Waals surface area contributed by atoms with Gasteiger partial charge in [0.2, 0.25) is 0 Å². The molecule has 1 N–H and O–H groups in total. The fourth-order valence-corrected chi connectivity index (χ4v) is 5.13. The summed E-state index contributed by atoms with van der Waals surface area (Å²) >= 11 is 0. The minimum Gasteiger partial charge on any atom is -0.441 e. The van der Waals surface area contributed by atoms with Gasteiger partial charge in [0.15, 0.2) is 23.3 Å². The number of fused-ring (bicyclic) bond motifs is 1. The second kappa shape index (κ2) is 11.2. The van der Waals surface area contributed by atoms with Crippen LogP contribution in [-0.4, -0.2) is 20.7 Å². The number of oxazole rings is 1. The SMILES string of the molecule is CCC(=O)c1cnc(N(Cc2ccccc2)Cc2ccccc2)c2[nH]c(-c3cccc(-c4cnc(C)o4)c3F)cc12. The van der Waals surface area contributed by atoms with Crippen LogP contribution in [0.5, 0.6) is 0 Å². The molecule has 6 nitrogen and oxygen atoms in total. The molecule has 0 atom stereocenters. The highest BCUT2D eigenvalue weighted by Crippen LogP contribution is 2.36. The van der Waals surface area contributed by atoms with E-state index in [1.54, 1.807) is 31.3 Å². The lowest BCUT2D eigenvalue weighted by Gasteiger charge is -2.25. The van der Waals surface area contributed by atoms with Gasteiger partial charge < -0.3 is 14.3 Å². The van der Waals surface area contributed by atoms with Gasteiger partial charge in [-0.1, -0.05) is 73.7 Å². The van der Waals surface area contributed by atoms with Crippen molar-refractivity contribution in [1.29, 1.82) is 0 Å². The summed E-state index contributed by atoms with van der Waals surface area (Å²) in [7, 11) is 0. The molecule has 0 radical (unpaired) electrons. The van der Waals surface area contributed by atoms with Crippen molar-refractivity contribution in [1.82, 2.24) is 15.0 Å². The summed E-state index contributed by atoms with van der Waals surface area (Å²) in [5, 5.41) is 0.711. The van der Waals surface area contributed by atoms with Crippen molar-refractivity contribution in [3.05, 3.63) is 126 Å². The van der Waals surface area contributed by atoms with Crippen molar-refractivity contribution in [3.63, 3.8) is 0 Å². The maximum absolute atomic E-state index is 15.9. The molecule has 3 heterocycles. The Morgan fingerprint density at radius 2 is 1.54 bits per heavy atom. The fourth-order valence-electron chi connectivity index (χ4n) is 5.13. The smallest absolute Gasteiger partial charge is 0.191 e. The first kappa shape index (κ1) is 26.2. The molecular weight excluding hydrogens is 515 g/mol. The number of nitrogens with one attached hydrogen (secondary N) is 1. The number of H-pyrrole nitrogens is 1. The van der Waals surface area contributed by atoms with Gasteiger partial charge in [0.1, 0.15) is 5.82 Å². The number of benzene rings is 3. The van der Waals surface area contributed by atoms with E-state index >= 15 is 4.39 Å². The minimum absolute atomic E-state index is 0.0244. The molecule has 0 aliphatic carbocycles. The summed E-state index contributed by atoms with van der Waals surface area (Å²) < 4.78 is 21.5. The molecule has 0 spiro atoms. The van der Waals surface area contributed by atoms with Crippen molar-refractivity contribution < 1.29 is 13.6 Å². The Morgan fingerprint density at radius 1 is 0.878 bits per heavy atom. The molecule has 41 heavy (non-hydrogen) atoms. The molecule has 0 unspecified atom stereocenters. The van der Waals surface area contributed by atoms with E-state index in [4.69, 9.17) is 9.40 Å². The normalized spacial score (nSPS) is 11.2. The van der Waals surface area contributed by atoms with Gasteiger partial charge in [0.05, 0.1) is 17.3 Å². The van der Waals surface area contributed by atoms with Crippen LogP contribution in [0.1, 0.15) is 40.7 Å². The van der Waals surface area contributed by atoms with Crippen LogP contribution in [0.4, 0.5) is 10.2 Å². The number of Topliss-reactive ketones (excluding diaryl/α,β-unsaturated/α-hetero) is 1. The summed E-state index contributed by atoms with van der Waals surface area (Å²) in [4.78, 5) is 27.5. The molecule has 204 valence electrons. The van der Waals surface area contributed by atoms with Crippen LogP contribution in [0.3, 0.4) is 0 Å². The Morgan fingerprint density at radius 3 is 2.15 bits per heavy atom. The molecule has 0 fully saturated rings. The number of aryl methyl sites for hydroxylation is 1. The summed E-state index contributed by atoms with van der Waals surface area (Å²) in [6.45, 7) is 4.75. The highest BCUT2D eigenvalue weighted by Gasteiger charge is 2.22. The maximum Gasteiger partial charge on any atom is 0.191 e. The number of nitrogens with zero attached hydrogens (tertiary/aromatic N) is 3. The van der Waals surface area contributed by atoms with Gasteiger partial charge in [-0.3, -0.25) is 4.79 Å². The maximum atomic E-state index is 15.9. The van der Waals surface area contributed by atoms with E-state index in [0.717, 1.165) is 11.1 Å². The third-order valence-electron chi connectivity index (χ3n) is 7.18. The molecule has 0 saturated carbocycles. The summed E-state index contributed by atoms with van der Waals surface area (Å²) in [6, 6.07) is 27.4. The first-order valence-corrected chi connectivity index (χ1v) is 13.6. The van der Waals surface area contributed by atoms with Gasteiger partial charge in [-0.25, -0.2) is 14.4 Å². The zero-order valence-electron chi connectivity index (χ0n) is 22.9. The van der Waals surface area contributed by atoms with Gasteiger partial charge in [-0.15, -0.1) is 0 Å². The monoisotopic (exact) mass is 544 g/mol. The summed E-state index contributed by atoms with van der Waals surface area (Å²) in [5.41, 5.74) is 4.68. The molecule has 0 amide bonds. The zero-order chi connectivity index (χ0) is 28.3. The van der Waals surface area contributed by atoms with E-state index in [0.29, 0.717) is 70.3 Å². The predicted molar refractivity (Wildman–Crippen MR) is 159 cm³/mol. The Labute approximate surface area is 237 Å². The first-order chi connectivity index (χ1) is 20.0. The number of hydrogen-bond donors (Lipinski definition) is 1. The number of carbonyl (C=O) groups excluding carboxylic acids is 1. The zero-order valence-corrected chi connectivity index (χ0v) is 22.9. The number of carbonyl (C=O) groups is 1. The number of aromatic nitrogens is 3. The average Bonchev–Trinajstić information content (AvgIpc) is 3.64. The van der Waals surface area contributed by atoms with Crippen molar-refractivity contribution >= 4 is 22.5 Å². The molecule has 0 aliphatic heterocycles. The van der Waals surface area contributed by atoms with Gasteiger partial charge >= 0.3 is 0 Å². The van der Waals surface area contributed by atoms with E-state index in [1.165, 1.54) is 6.20 Å². The average molecular weight is 545 g/mol. The molecule has 7 heteroatoms. The third kappa shape index (κ3) is 5.26. The number of halogens is 1. The quantitative estimate of drug-likeness (QED) is 0.186. The van der Waals surface area contributed by atoms with E-state index in [2.05, 4.69) is 39.1 Å². The number of rotatable bonds is 9. The lowest BCUT2D eigenvalue weighted by molar-refractivity contribution is 0.0989. The van der Waals surface area contributed by atoms with E-state index < -0.39 is 5.82 Å². The first-order valence-electron chi connectivity index (χ1n) is 13.6. The molecular formula is C34H29FN4O2. The van der Waals surface area contributed by atoms with Crippen LogP contribution in [0.2, 0.25) is 0 Å². The summed E-state index contributed by atoms with van der Waals surface area (Å²) in [6.07, 6.45) is 3.51. The van der Waals surface area contributed by atoms with Gasteiger partial charge in [-0.2, -0.15) is 0 Å². The fraction of sp³-hybridized carbons (Fsp3) is 0.147. The number of ketones is 1. The van der Waals surface area contributed by atoms with Gasteiger partial charge in [0.25, 0.3) is 0 Å². The van der Waals surface area contributed by atoms with Crippen LogP contribution in [0.25, 0.3) is 33.5 Å². The molecule has 0 saturated heterocycles. The highest BCUT2D eigenvalue weighted by molar-refractivity contribution is 6.10. The molecule has 6 rings (SSSR count). The number of anilines is 1. The van der Waals surface area contributed by atoms with Crippen LogP contribution in [-0.2, 0) is 13.1 Å². The number of hydrogen-bond acceptors (Lipinski definition) is 5. The molecule has 3 aromatic heterocycles. The third-order valence-corrected chi connectivity index (χ3v) is 7.18. The lowest BCUT2D eigenvalue weighted by atomic mass is 10.0. The van der Waals surface area contributed by atoms with Crippen molar-refractivity contribution in [2.45, 2.75) is 33.4 Å². The van der Waals surface area contributed by atoms with Gasteiger partial charge in [-0.05, 0) is 29.3 Å². The Bertz CT molecular complexity index is 1790. The Balaban J connectivity index is 1.51. The lowest BCUT2D eigenvalue weighted by Crippen LogP contribution is -2.23. The largest absolute Gasteiger partial charge is 0.441 e. The van der Waals surface area contributed by atoms with Crippen LogP contribution < -0.4 is 4.90 Å². The Kier molecular flexibility index (Phi) is 7.17. The number of pyridine rings is 1. The number of aromatic amines is 1. The van der Waals surface area contributed by atoms with E-state index in [-0.39, 0.29) is 5.78 Å². The molecule has 0 bridgehead atoms. The Hall–Kier alpha value is -5.04. The molecule has 0 aliphatic rings.